The molecule has 0 N–H and O–H groups in total. The van der Waals surface area contributed by atoms with E-state index in [0.29, 0.717) is 10.0 Å². The first-order chi connectivity index (χ1) is 10.6. The van der Waals surface area contributed by atoms with E-state index in [0.717, 1.165) is 22.4 Å². The quantitative estimate of drug-likeness (QED) is 0.315. The molecule has 0 amide bonds. The van der Waals surface area contributed by atoms with Crippen molar-refractivity contribution in [3.63, 3.8) is 0 Å². The van der Waals surface area contributed by atoms with Crippen molar-refractivity contribution in [3.05, 3.63) is 75.3 Å². The van der Waals surface area contributed by atoms with Gasteiger partial charge < -0.3 is 0 Å². The highest BCUT2D eigenvalue weighted by atomic mass is 35.5. The molecule has 0 aliphatic carbocycles. The highest BCUT2D eigenvalue weighted by molar-refractivity contribution is 7.81. The zero-order valence-electron chi connectivity index (χ0n) is 12.5. The zero-order chi connectivity index (χ0) is 15.9. The molecular formula is C19H18Cl2S. The van der Waals surface area contributed by atoms with Crippen LogP contribution in [0.15, 0.2) is 48.5 Å². The van der Waals surface area contributed by atoms with Crippen molar-refractivity contribution < 1.29 is 0 Å². The van der Waals surface area contributed by atoms with Crippen molar-refractivity contribution in [2.75, 3.05) is 0 Å². The Bertz CT molecular complexity index is 672. The molecule has 2 aromatic carbocycles. The van der Waals surface area contributed by atoms with Gasteiger partial charge in [-0.3, -0.25) is 0 Å². The summed E-state index contributed by atoms with van der Waals surface area (Å²) in [5.74, 6) is 0. The minimum absolute atomic E-state index is 0.662. The molecule has 0 saturated heterocycles. The first kappa shape index (κ1) is 17.2. The number of halogens is 2. The molecule has 0 atom stereocenters. The van der Waals surface area contributed by atoms with Gasteiger partial charge in [0.2, 0.25) is 0 Å². The third kappa shape index (κ3) is 4.95. The minimum Gasteiger partial charge on any atom is -0.0843 e. The molecule has 114 valence electrons. The topological polar surface area (TPSA) is 0 Å². The molecule has 0 radical (unpaired) electrons. The van der Waals surface area contributed by atoms with Gasteiger partial charge in [0.25, 0.3) is 0 Å². The summed E-state index contributed by atoms with van der Waals surface area (Å²) in [6, 6.07) is 13.9. The first-order valence-electron chi connectivity index (χ1n) is 7.36. The van der Waals surface area contributed by atoms with Crippen LogP contribution in [0.4, 0.5) is 0 Å². The second-order valence-corrected chi connectivity index (χ2v) is 6.45. The minimum atomic E-state index is 0.662. The number of allylic oxidation sites excluding steroid dienone is 1. The monoisotopic (exact) mass is 348 g/mol. The lowest BCUT2D eigenvalue weighted by atomic mass is 10.0. The van der Waals surface area contributed by atoms with E-state index in [1.165, 1.54) is 18.4 Å². The average Bonchev–Trinajstić information content (AvgIpc) is 2.54. The molecule has 3 heteroatoms. The Labute approximate surface area is 147 Å². The molecule has 2 aromatic rings. The lowest BCUT2D eigenvalue weighted by Gasteiger charge is -2.03. The van der Waals surface area contributed by atoms with E-state index in [1.54, 1.807) is 12.1 Å². The molecule has 0 aliphatic heterocycles. The summed E-state index contributed by atoms with van der Waals surface area (Å²) < 4.78 is 0. The molecule has 0 spiro atoms. The van der Waals surface area contributed by atoms with Crippen LogP contribution in [-0.2, 0) is 6.42 Å². The SMILES string of the molecule is CCCCc1ccc(C(=S)C=Cc2cc(Cl)ccc2Cl)cc1. The van der Waals surface area contributed by atoms with Gasteiger partial charge in [-0.15, -0.1) is 0 Å². The van der Waals surface area contributed by atoms with Crippen molar-refractivity contribution in [2.45, 2.75) is 26.2 Å². The summed E-state index contributed by atoms with van der Waals surface area (Å²) in [5.41, 5.74) is 3.27. The van der Waals surface area contributed by atoms with Crippen molar-refractivity contribution >= 4 is 46.4 Å². The predicted octanol–water partition coefficient (Wildman–Crippen LogP) is 6.77. The molecule has 0 aromatic heterocycles. The van der Waals surface area contributed by atoms with E-state index >= 15 is 0 Å². The predicted molar refractivity (Wildman–Crippen MR) is 102 cm³/mol. The molecular weight excluding hydrogens is 331 g/mol. The van der Waals surface area contributed by atoms with Gasteiger partial charge in [0.1, 0.15) is 0 Å². The van der Waals surface area contributed by atoms with Crippen LogP contribution in [0.3, 0.4) is 0 Å². The van der Waals surface area contributed by atoms with Gasteiger partial charge in [-0.2, -0.15) is 0 Å². The van der Waals surface area contributed by atoms with Gasteiger partial charge in [0, 0.05) is 14.9 Å². The maximum absolute atomic E-state index is 6.14. The zero-order valence-corrected chi connectivity index (χ0v) is 14.8. The van der Waals surface area contributed by atoms with Crippen molar-refractivity contribution in [2.24, 2.45) is 0 Å². The maximum atomic E-state index is 6.14. The third-order valence-electron chi connectivity index (χ3n) is 3.43. The Morgan fingerprint density at radius 1 is 1.09 bits per heavy atom. The fourth-order valence-electron chi connectivity index (χ4n) is 2.12. The fourth-order valence-corrected chi connectivity index (χ4v) is 2.69. The van der Waals surface area contributed by atoms with E-state index in [4.69, 9.17) is 35.4 Å². The molecule has 0 heterocycles. The van der Waals surface area contributed by atoms with E-state index in [-0.39, 0.29) is 0 Å². The number of aryl methyl sites for hydroxylation is 1. The van der Waals surface area contributed by atoms with Crippen molar-refractivity contribution in [1.82, 2.24) is 0 Å². The fraction of sp³-hybridized carbons (Fsp3) is 0.211. The Morgan fingerprint density at radius 3 is 2.50 bits per heavy atom. The first-order valence-corrected chi connectivity index (χ1v) is 8.53. The van der Waals surface area contributed by atoms with E-state index in [2.05, 4.69) is 31.2 Å². The molecule has 0 unspecified atom stereocenters. The highest BCUT2D eigenvalue weighted by Crippen LogP contribution is 2.22. The summed E-state index contributed by atoms with van der Waals surface area (Å²) >= 11 is 17.6. The standard InChI is InChI=1S/C19H18Cl2S/c1-2-3-4-14-5-7-15(8-6-14)19(22)12-9-16-13-17(20)10-11-18(16)21/h5-13H,2-4H2,1H3. The van der Waals surface area contributed by atoms with Gasteiger partial charge in [-0.25, -0.2) is 0 Å². The molecule has 2 rings (SSSR count). The van der Waals surface area contributed by atoms with Crippen LogP contribution in [0.5, 0.6) is 0 Å². The van der Waals surface area contributed by atoms with E-state index in [9.17, 15) is 0 Å². The van der Waals surface area contributed by atoms with Crippen LogP contribution >= 0.6 is 35.4 Å². The molecule has 0 nitrogen and oxygen atoms in total. The number of thiocarbonyl (C=S) groups is 1. The van der Waals surface area contributed by atoms with Crippen molar-refractivity contribution in [1.29, 1.82) is 0 Å². The second-order valence-electron chi connectivity index (χ2n) is 5.16. The van der Waals surface area contributed by atoms with Gasteiger partial charge in [-0.05, 0) is 53.8 Å². The van der Waals surface area contributed by atoms with Crippen molar-refractivity contribution in [3.8, 4) is 0 Å². The number of hydrogen-bond acceptors (Lipinski definition) is 1. The van der Waals surface area contributed by atoms with Gasteiger partial charge >= 0.3 is 0 Å². The number of unbranched alkanes of at least 4 members (excludes halogenated alkanes) is 1. The van der Waals surface area contributed by atoms with Gasteiger partial charge in [-0.1, -0.05) is 79.1 Å². The molecule has 22 heavy (non-hydrogen) atoms. The molecule has 0 bridgehead atoms. The van der Waals surface area contributed by atoms with Gasteiger partial charge in [0.05, 0.1) is 0 Å². The van der Waals surface area contributed by atoms with E-state index in [1.807, 2.05) is 18.2 Å². The van der Waals surface area contributed by atoms with Crippen LogP contribution in [0, 0.1) is 0 Å². The average molecular weight is 349 g/mol. The van der Waals surface area contributed by atoms with Crippen LogP contribution < -0.4 is 0 Å². The Morgan fingerprint density at radius 2 is 1.82 bits per heavy atom. The van der Waals surface area contributed by atoms with Gasteiger partial charge in [0.15, 0.2) is 0 Å². The third-order valence-corrected chi connectivity index (χ3v) is 4.38. The molecule has 0 fully saturated rings. The maximum Gasteiger partial charge on any atom is 0.0479 e. The number of rotatable bonds is 6. The molecule has 0 aliphatic rings. The number of hydrogen-bond donors (Lipinski definition) is 0. The summed E-state index contributed by atoms with van der Waals surface area (Å²) in [5, 5.41) is 1.33. The lowest BCUT2D eigenvalue weighted by Crippen LogP contribution is -1.93. The Kier molecular flexibility index (Phi) is 6.63. The highest BCUT2D eigenvalue weighted by Gasteiger charge is 2.01. The Hall–Kier alpha value is -1.15. The second kappa shape index (κ2) is 8.47. The smallest absolute Gasteiger partial charge is 0.0479 e. The number of benzene rings is 2. The van der Waals surface area contributed by atoms with Crippen LogP contribution in [0.2, 0.25) is 10.0 Å². The molecule has 0 saturated carbocycles. The van der Waals surface area contributed by atoms with Crippen LogP contribution in [0.1, 0.15) is 36.5 Å². The van der Waals surface area contributed by atoms with E-state index < -0.39 is 0 Å². The van der Waals surface area contributed by atoms with Crippen LogP contribution in [-0.4, -0.2) is 4.86 Å². The largest absolute Gasteiger partial charge is 0.0843 e. The van der Waals surface area contributed by atoms with Crippen LogP contribution in [0.25, 0.3) is 6.08 Å². The summed E-state index contributed by atoms with van der Waals surface area (Å²) in [6.45, 7) is 2.20. The Balaban J connectivity index is 2.08. The summed E-state index contributed by atoms with van der Waals surface area (Å²) in [7, 11) is 0. The lowest BCUT2D eigenvalue weighted by molar-refractivity contribution is 0.795. The summed E-state index contributed by atoms with van der Waals surface area (Å²) in [6.07, 6.45) is 7.35. The normalized spacial score (nSPS) is 11.0. The summed E-state index contributed by atoms with van der Waals surface area (Å²) in [4.78, 5) is 0.790.